The number of aromatic nitrogens is 1. The van der Waals surface area contributed by atoms with Crippen molar-refractivity contribution in [2.24, 2.45) is 0 Å². The average Bonchev–Trinajstić information content (AvgIpc) is 3.28. The highest BCUT2D eigenvalue weighted by atomic mass is 32.1. The van der Waals surface area contributed by atoms with E-state index in [1.165, 1.54) is 11.3 Å². The maximum atomic E-state index is 12.8. The van der Waals surface area contributed by atoms with Crippen molar-refractivity contribution in [3.05, 3.63) is 39.0 Å². The number of hydrogen-bond acceptors (Lipinski definition) is 6. The summed E-state index contributed by atoms with van der Waals surface area (Å²) < 4.78 is 12.3. The standard InChI is InChI=1S/C23H31N3O5S/c1-5-26-14(2)12-17(15(26)3)23(29)31-13-19(27)25-22-20(21(28)24-10-11-30-4)16-8-6-7-9-18(16)32-22/h12H,5-11,13H2,1-4H3,(H,24,28)(H,25,27). The zero-order valence-electron chi connectivity index (χ0n) is 19.1. The van der Waals surface area contributed by atoms with E-state index >= 15 is 0 Å². The van der Waals surface area contributed by atoms with Gasteiger partial charge in [0, 0.05) is 36.5 Å². The third kappa shape index (κ3) is 5.21. The molecule has 2 N–H and O–H groups in total. The van der Waals surface area contributed by atoms with Gasteiger partial charge in [0.2, 0.25) is 0 Å². The molecule has 0 fully saturated rings. The summed E-state index contributed by atoms with van der Waals surface area (Å²) in [6.45, 7) is 6.93. The first-order valence-electron chi connectivity index (χ1n) is 10.9. The van der Waals surface area contributed by atoms with Gasteiger partial charge in [0.05, 0.1) is 17.7 Å². The summed E-state index contributed by atoms with van der Waals surface area (Å²) in [5.41, 5.74) is 3.77. The van der Waals surface area contributed by atoms with Gasteiger partial charge in [-0.15, -0.1) is 11.3 Å². The quantitative estimate of drug-likeness (QED) is 0.441. The van der Waals surface area contributed by atoms with E-state index in [0.717, 1.165) is 54.1 Å². The second kappa shape index (κ2) is 10.8. The van der Waals surface area contributed by atoms with Gasteiger partial charge in [-0.1, -0.05) is 0 Å². The molecule has 2 amide bonds. The number of carbonyl (C=O) groups excluding carboxylic acids is 3. The number of thiophene rings is 1. The van der Waals surface area contributed by atoms with Crippen molar-refractivity contribution in [1.82, 2.24) is 9.88 Å². The van der Waals surface area contributed by atoms with Gasteiger partial charge in [-0.05, 0) is 58.1 Å². The molecule has 0 aromatic carbocycles. The number of esters is 1. The fraction of sp³-hybridized carbons (Fsp3) is 0.522. The van der Waals surface area contributed by atoms with Gasteiger partial charge in [0.15, 0.2) is 6.61 Å². The Kier molecular flexibility index (Phi) is 8.09. The minimum atomic E-state index is -0.532. The molecule has 1 aliphatic carbocycles. The lowest BCUT2D eigenvalue weighted by Gasteiger charge is -2.13. The largest absolute Gasteiger partial charge is 0.452 e. The predicted octanol–water partition coefficient (Wildman–Crippen LogP) is 3.24. The van der Waals surface area contributed by atoms with E-state index in [1.54, 1.807) is 13.2 Å². The third-order valence-corrected chi connectivity index (χ3v) is 6.89. The summed E-state index contributed by atoms with van der Waals surface area (Å²) in [5, 5.41) is 6.15. The van der Waals surface area contributed by atoms with Crippen LogP contribution in [0.2, 0.25) is 0 Å². The Labute approximate surface area is 192 Å². The number of carbonyl (C=O) groups is 3. The first-order valence-corrected chi connectivity index (χ1v) is 11.7. The second-order valence-electron chi connectivity index (χ2n) is 7.82. The molecule has 3 rings (SSSR count). The van der Waals surface area contributed by atoms with Crippen LogP contribution in [0.4, 0.5) is 5.00 Å². The lowest BCUT2D eigenvalue weighted by molar-refractivity contribution is -0.119. The molecule has 0 unspecified atom stereocenters. The van der Waals surface area contributed by atoms with E-state index in [4.69, 9.17) is 9.47 Å². The Morgan fingerprint density at radius 1 is 1.19 bits per heavy atom. The fourth-order valence-electron chi connectivity index (χ4n) is 4.12. The van der Waals surface area contributed by atoms with Crippen LogP contribution in [0.15, 0.2) is 6.07 Å². The summed E-state index contributed by atoms with van der Waals surface area (Å²) >= 11 is 1.43. The van der Waals surface area contributed by atoms with Crippen LogP contribution < -0.4 is 10.6 Å². The van der Waals surface area contributed by atoms with Crippen LogP contribution in [-0.4, -0.2) is 49.2 Å². The van der Waals surface area contributed by atoms with E-state index in [9.17, 15) is 14.4 Å². The summed E-state index contributed by atoms with van der Waals surface area (Å²) in [6, 6.07) is 1.77. The van der Waals surface area contributed by atoms with E-state index < -0.39 is 18.5 Å². The lowest BCUT2D eigenvalue weighted by atomic mass is 9.95. The topological polar surface area (TPSA) is 98.7 Å². The Bertz CT molecular complexity index is 1010. The summed E-state index contributed by atoms with van der Waals surface area (Å²) in [5.74, 6) is -1.22. The SMILES string of the molecule is CCn1c(C)cc(C(=O)OCC(=O)Nc2sc3c(c2C(=O)NCCOC)CCCC3)c1C. The van der Waals surface area contributed by atoms with Gasteiger partial charge in [-0.25, -0.2) is 4.79 Å². The maximum Gasteiger partial charge on any atom is 0.340 e. The van der Waals surface area contributed by atoms with Crippen LogP contribution in [0.25, 0.3) is 0 Å². The van der Waals surface area contributed by atoms with Crippen molar-refractivity contribution in [2.45, 2.75) is 53.0 Å². The Hall–Kier alpha value is -2.65. The highest BCUT2D eigenvalue weighted by Gasteiger charge is 2.26. The molecule has 2 aromatic heterocycles. The van der Waals surface area contributed by atoms with E-state index in [0.29, 0.717) is 29.3 Å². The fourth-order valence-corrected chi connectivity index (χ4v) is 5.42. The van der Waals surface area contributed by atoms with Crippen molar-refractivity contribution in [1.29, 1.82) is 0 Å². The molecule has 0 saturated heterocycles. The molecule has 1 aliphatic rings. The van der Waals surface area contributed by atoms with Gasteiger partial charge in [0.1, 0.15) is 5.00 Å². The smallest absolute Gasteiger partial charge is 0.340 e. The number of rotatable bonds is 9. The molecule has 2 heterocycles. The van der Waals surface area contributed by atoms with Crippen LogP contribution in [0, 0.1) is 13.8 Å². The molecule has 9 heteroatoms. The molecular weight excluding hydrogens is 430 g/mol. The zero-order chi connectivity index (χ0) is 23.3. The summed E-state index contributed by atoms with van der Waals surface area (Å²) in [4.78, 5) is 39.0. The van der Waals surface area contributed by atoms with Crippen molar-refractivity contribution >= 4 is 34.1 Å². The van der Waals surface area contributed by atoms with E-state index in [1.807, 2.05) is 25.3 Å². The Morgan fingerprint density at radius 3 is 2.62 bits per heavy atom. The normalized spacial score (nSPS) is 12.9. The average molecular weight is 462 g/mol. The molecular formula is C23H31N3O5S. The molecule has 0 bridgehead atoms. The molecule has 0 atom stereocenters. The van der Waals surface area contributed by atoms with Gasteiger partial charge in [-0.2, -0.15) is 0 Å². The zero-order valence-corrected chi connectivity index (χ0v) is 19.9. The Morgan fingerprint density at radius 2 is 1.94 bits per heavy atom. The van der Waals surface area contributed by atoms with Crippen molar-refractivity contribution in [2.75, 3.05) is 32.2 Å². The number of hydrogen-bond donors (Lipinski definition) is 2. The summed E-state index contributed by atoms with van der Waals surface area (Å²) in [7, 11) is 1.57. The van der Waals surface area contributed by atoms with Crippen molar-refractivity contribution in [3.63, 3.8) is 0 Å². The van der Waals surface area contributed by atoms with Gasteiger partial charge < -0.3 is 24.7 Å². The highest BCUT2D eigenvalue weighted by molar-refractivity contribution is 7.17. The van der Waals surface area contributed by atoms with E-state index in [2.05, 4.69) is 10.6 Å². The molecule has 174 valence electrons. The van der Waals surface area contributed by atoms with Gasteiger partial charge in [0.25, 0.3) is 11.8 Å². The highest BCUT2D eigenvalue weighted by Crippen LogP contribution is 2.38. The number of anilines is 1. The molecule has 0 saturated carbocycles. The molecule has 0 radical (unpaired) electrons. The maximum absolute atomic E-state index is 12.8. The van der Waals surface area contributed by atoms with E-state index in [-0.39, 0.29) is 5.91 Å². The third-order valence-electron chi connectivity index (χ3n) is 5.69. The second-order valence-corrected chi connectivity index (χ2v) is 8.92. The number of methoxy groups -OCH3 is 1. The van der Waals surface area contributed by atoms with Crippen molar-refractivity contribution in [3.8, 4) is 0 Å². The van der Waals surface area contributed by atoms with Crippen LogP contribution >= 0.6 is 11.3 Å². The summed E-state index contributed by atoms with van der Waals surface area (Å²) in [6.07, 6.45) is 3.80. The molecule has 8 nitrogen and oxygen atoms in total. The molecule has 32 heavy (non-hydrogen) atoms. The van der Waals surface area contributed by atoms with Crippen LogP contribution in [0.3, 0.4) is 0 Å². The number of nitrogens with zero attached hydrogens (tertiary/aromatic N) is 1. The molecule has 0 aliphatic heterocycles. The predicted molar refractivity (Wildman–Crippen MR) is 124 cm³/mol. The van der Waals surface area contributed by atoms with Crippen LogP contribution in [0.1, 0.15) is 62.3 Å². The lowest BCUT2D eigenvalue weighted by Crippen LogP contribution is -2.29. The van der Waals surface area contributed by atoms with Gasteiger partial charge >= 0.3 is 5.97 Å². The van der Waals surface area contributed by atoms with Gasteiger partial charge in [-0.3, -0.25) is 9.59 Å². The monoisotopic (exact) mass is 461 g/mol. The number of aryl methyl sites for hydroxylation is 2. The van der Waals surface area contributed by atoms with Crippen LogP contribution in [0.5, 0.6) is 0 Å². The number of ether oxygens (including phenoxy) is 2. The number of nitrogens with one attached hydrogen (secondary N) is 2. The first-order chi connectivity index (χ1) is 15.4. The number of amides is 2. The van der Waals surface area contributed by atoms with Crippen LogP contribution in [-0.2, 0) is 33.7 Å². The molecule has 0 spiro atoms. The minimum absolute atomic E-state index is 0.222. The first kappa shape index (κ1) is 24.0. The molecule has 2 aromatic rings. The van der Waals surface area contributed by atoms with Crippen molar-refractivity contribution < 1.29 is 23.9 Å². The minimum Gasteiger partial charge on any atom is -0.452 e. The Balaban J connectivity index is 1.68. The number of fused-ring (bicyclic) bond motifs is 1.